The summed E-state index contributed by atoms with van der Waals surface area (Å²) in [6.07, 6.45) is 2.23. The molecule has 0 aliphatic carbocycles. The molecule has 1 heterocycles. The van der Waals surface area contributed by atoms with Crippen molar-refractivity contribution in [3.8, 4) is 5.75 Å². The predicted octanol–water partition coefficient (Wildman–Crippen LogP) is 2.45. The highest BCUT2D eigenvalue weighted by molar-refractivity contribution is 5.32. The lowest BCUT2D eigenvalue weighted by Crippen LogP contribution is -2.37. The Morgan fingerprint density at radius 2 is 1.83 bits per heavy atom. The molecule has 1 saturated heterocycles. The quantitative estimate of drug-likeness (QED) is 0.813. The van der Waals surface area contributed by atoms with Crippen LogP contribution in [0.3, 0.4) is 0 Å². The van der Waals surface area contributed by atoms with Crippen LogP contribution in [-0.4, -0.2) is 32.4 Å². The normalized spacial score (nSPS) is 16.8. The fourth-order valence-corrected chi connectivity index (χ4v) is 2.35. The maximum atomic E-state index is 5.76. The smallest absolute Gasteiger partial charge is 0.119 e. The minimum absolute atomic E-state index is 0.599. The molecular formula is C15H23NO2. The van der Waals surface area contributed by atoms with Crippen LogP contribution in [0, 0.1) is 13.8 Å². The van der Waals surface area contributed by atoms with Crippen molar-refractivity contribution >= 4 is 0 Å². The van der Waals surface area contributed by atoms with E-state index in [1.165, 1.54) is 11.1 Å². The van der Waals surface area contributed by atoms with Gasteiger partial charge in [0.1, 0.15) is 12.4 Å². The van der Waals surface area contributed by atoms with Crippen molar-refractivity contribution in [1.82, 2.24) is 5.32 Å². The third-order valence-electron chi connectivity index (χ3n) is 3.22. The molecular weight excluding hydrogens is 226 g/mol. The number of aryl methyl sites for hydroxylation is 2. The van der Waals surface area contributed by atoms with Crippen LogP contribution in [0.2, 0.25) is 0 Å². The highest BCUT2D eigenvalue weighted by atomic mass is 16.5. The zero-order valence-corrected chi connectivity index (χ0v) is 11.4. The molecule has 1 aromatic rings. The van der Waals surface area contributed by atoms with E-state index in [-0.39, 0.29) is 0 Å². The van der Waals surface area contributed by atoms with E-state index in [0.29, 0.717) is 6.04 Å². The van der Waals surface area contributed by atoms with Crippen LogP contribution in [-0.2, 0) is 4.74 Å². The Balaban J connectivity index is 1.68. The molecule has 0 atom stereocenters. The van der Waals surface area contributed by atoms with Crippen LogP contribution in [0.1, 0.15) is 24.0 Å². The van der Waals surface area contributed by atoms with Crippen molar-refractivity contribution in [3.05, 3.63) is 29.3 Å². The van der Waals surface area contributed by atoms with E-state index in [1.807, 2.05) is 0 Å². The van der Waals surface area contributed by atoms with Crippen LogP contribution >= 0.6 is 0 Å². The molecule has 18 heavy (non-hydrogen) atoms. The van der Waals surface area contributed by atoms with Crippen LogP contribution in [0.4, 0.5) is 0 Å². The minimum Gasteiger partial charge on any atom is -0.492 e. The topological polar surface area (TPSA) is 30.5 Å². The molecule has 0 amide bonds. The molecule has 0 spiro atoms. The van der Waals surface area contributed by atoms with E-state index in [4.69, 9.17) is 9.47 Å². The fraction of sp³-hybridized carbons (Fsp3) is 0.600. The number of nitrogens with one attached hydrogen (secondary N) is 1. The van der Waals surface area contributed by atoms with Crippen molar-refractivity contribution in [2.75, 3.05) is 26.4 Å². The first-order chi connectivity index (χ1) is 8.74. The monoisotopic (exact) mass is 249 g/mol. The van der Waals surface area contributed by atoms with Crippen molar-refractivity contribution in [2.45, 2.75) is 32.7 Å². The summed E-state index contributed by atoms with van der Waals surface area (Å²) >= 11 is 0. The molecule has 2 rings (SSSR count). The van der Waals surface area contributed by atoms with Crippen LogP contribution in [0.15, 0.2) is 18.2 Å². The maximum Gasteiger partial charge on any atom is 0.119 e. The number of ether oxygens (including phenoxy) is 2. The van der Waals surface area contributed by atoms with Gasteiger partial charge in [0, 0.05) is 25.8 Å². The van der Waals surface area contributed by atoms with E-state index in [9.17, 15) is 0 Å². The first-order valence-electron chi connectivity index (χ1n) is 6.76. The molecule has 3 nitrogen and oxygen atoms in total. The summed E-state index contributed by atoms with van der Waals surface area (Å²) in [6, 6.07) is 6.93. The Hall–Kier alpha value is -1.06. The number of benzene rings is 1. The molecule has 1 aliphatic rings. The van der Waals surface area contributed by atoms with Gasteiger partial charge < -0.3 is 14.8 Å². The lowest BCUT2D eigenvalue weighted by molar-refractivity contribution is 0.0770. The van der Waals surface area contributed by atoms with Gasteiger partial charge in [0.25, 0.3) is 0 Å². The molecule has 1 N–H and O–H groups in total. The summed E-state index contributed by atoms with van der Waals surface area (Å²) in [7, 11) is 0. The highest BCUT2D eigenvalue weighted by Crippen LogP contribution is 2.15. The number of rotatable bonds is 5. The molecule has 1 aliphatic heterocycles. The summed E-state index contributed by atoms with van der Waals surface area (Å²) < 4.78 is 11.1. The Morgan fingerprint density at radius 3 is 2.50 bits per heavy atom. The highest BCUT2D eigenvalue weighted by Gasteiger charge is 2.12. The lowest BCUT2D eigenvalue weighted by Gasteiger charge is -2.23. The molecule has 0 aromatic heterocycles. The molecule has 0 unspecified atom stereocenters. The molecule has 1 fully saturated rings. The van der Waals surface area contributed by atoms with Crippen LogP contribution in [0.5, 0.6) is 5.75 Å². The average molecular weight is 249 g/mol. The Kier molecular flexibility index (Phi) is 5.02. The summed E-state index contributed by atoms with van der Waals surface area (Å²) in [6.45, 7) is 7.59. The van der Waals surface area contributed by atoms with Gasteiger partial charge in [0.05, 0.1) is 0 Å². The predicted molar refractivity (Wildman–Crippen MR) is 73.3 cm³/mol. The van der Waals surface area contributed by atoms with Crippen LogP contribution < -0.4 is 10.1 Å². The van der Waals surface area contributed by atoms with Gasteiger partial charge in [0.2, 0.25) is 0 Å². The second-order valence-electron chi connectivity index (χ2n) is 5.01. The Morgan fingerprint density at radius 1 is 1.17 bits per heavy atom. The van der Waals surface area contributed by atoms with Gasteiger partial charge >= 0.3 is 0 Å². The van der Waals surface area contributed by atoms with Gasteiger partial charge in [-0.25, -0.2) is 0 Å². The maximum absolute atomic E-state index is 5.76. The molecule has 3 heteroatoms. The number of hydrogen-bond donors (Lipinski definition) is 1. The first kappa shape index (κ1) is 13.4. The van der Waals surface area contributed by atoms with Gasteiger partial charge in [-0.1, -0.05) is 6.07 Å². The van der Waals surface area contributed by atoms with E-state index in [2.05, 4.69) is 37.4 Å². The van der Waals surface area contributed by atoms with E-state index < -0.39 is 0 Å². The van der Waals surface area contributed by atoms with Gasteiger partial charge in [-0.2, -0.15) is 0 Å². The SMILES string of the molecule is Cc1cc(C)cc(OCCNC2CCOCC2)c1. The largest absolute Gasteiger partial charge is 0.492 e. The van der Waals surface area contributed by atoms with Crippen molar-refractivity contribution in [1.29, 1.82) is 0 Å². The molecule has 0 saturated carbocycles. The van der Waals surface area contributed by atoms with Crippen molar-refractivity contribution in [2.24, 2.45) is 0 Å². The summed E-state index contributed by atoms with van der Waals surface area (Å²) in [4.78, 5) is 0. The molecule has 0 radical (unpaired) electrons. The van der Waals surface area contributed by atoms with E-state index >= 15 is 0 Å². The number of hydrogen-bond acceptors (Lipinski definition) is 3. The average Bonchev–Trinajstić information content (AvgIpc) is 2.35. The van der Waals surface area contributed by atoms with Gasteiger partial charge in [0.15, 0.2) is 0 Å². The summed E-state index contributed by atoms with van der Waals surface area (Å²) in [5.74, 6) is 0.973. The van der Waals surface area contributed by atoms with Crippen molar-refractivity contribution < 1.29 is 9.47 Å². The molecule has 100 valence electrons. The summed E-state index contributed by atoms with van der Waals surface area (Å²) in [5.41, 5.74) is 2.50. The second-order valence-corrected chi connectivity index (χ2v) is 5.01. The first-order valence-corrected chi connectivity index (χ1v) is 6.76. The Bertz CT molecular complexity index is 353. The van der Waals surface area contributed by atoms with Gasteiger partial charge in [-0.3, -0.25) is 0 Å². The third-order valence-corrected chi connectivity index (χ3v) is 3.22. The molecule has 1 aromatic carbocycles. The molecule has 0 bridgehead atoms. The zero-order chi connectivity index (χ0) is 12.8. The zero-order valence-electron chi connectivity index (χ0n) is 11.4. The standard InChI is InChI=1S/C15H23NO2/c1-12-9-13(2)11-15(10-12)18-8-5-16-14-3-6-17-7-4-14/h9-11,14,16H,3-8H2,1-2H3. The summed E-state index contributed by atoms with van der Waals surface area (Å²) in [5, 5.41) is 3.52. The van der Waals surface area contributed by atoms with Crippen LogP contribution in [0.25, 0.3) is 0 Å². The lowest BCUT2D eigenvalue weighted by atomic mass is 10.1. The van der Waals surface area contributed by atoms with E-state index in [1.54, 1.807) is 0 Å². The van der Waals surface area contributed by atoms with E-state index in [0.717, 1.165) is 45.0 Å². The third kappa shape index (κ3) is 4.31. The van der Waals surface area contributed by atoms with Crippen molar-refractivity contribution in [3.63, 3.8) is 0 Å². The second kappa shape index (κ2) is 6.76. The van der Waals surface area contributed by atoms with Gasteiger partial charge in [-0.05, 0) is 49.9 Å². The minimum atomic E-state index is 0.599. The fourth-order valence-electron chi connectivity index (χ4n) is 2.35. The van der Waals surface area contributed by atoms with Gasteiger partial charge in [-0.15, -0.1) is 0 Å². The Labute approximate surface area is 109 Å².